The fourth-order valence-corrected chi connectivity index (χ4v) is 2.14. The van der Waals surface area contributed by atoms with E-state index < -0.39 is 5.97 Å². The summed E-state index contributed by atoms with van der Waals surface area (Å²) >= 11 is 0. The van der Waals surface area contributed by atoms with Gasteiger partial charge in [0.15, 0.2) is 0 Å². The first-order chi connectivity index (χ1) is 8.47. The third-order valence-electron chi connectivity index (χ3n) is 2.88. The predicted octanol–water partition coefficient (Wildman–Crippen LogP) is 2.33. The van der Waals surface area contributed by atoms with Gasteiger partial charge in [-0.1, -0.05) is 23.8 Å². The predicted molar refractivity (Wildman–Crippen MR) is 69.5 cm³/mol. The number of hydrogen-bond donors (Lipinski definition) is 1. The summed E-state index contributed by atoms with van der Waals surface area (Å²) in [6.07, 6.45) is 1.76. The Bertz CT molecular complexity index is 600. The SMILES string of the molecule is Cc1ccc(-c2nn(C)cc2CC(=O)O)c(C)c1. The van der Waals surface area contributed by atoms with Crippen LogP contribution in [0.3, 0.4) is 0 Å². The summed E-state index contributed by atoms with van der Waals surface area (Å²) in [6.45, 7) is 4.05. The van der Waals surface area contributed by atoms with E-state index in [1.165, 1.54) is 5.56 Å². The van der Waals surface area contributed by atoms with Crippen LogP contribution < -0.4 is 0 Å². The third-order valence-corrected chi connectivity index (χ3v) is 2.88. The minimum absolute atomic E-state index is 0.00348. The first kappa shape index (κ1) is 12.4. The molecule has 0 unspecified atom stereocenters. The van der Waals surface area contributed by atoms with Gasteiger partial charge < -0.3 is 5.11 Å². The van der Waals surface area contributed by atoms with E-state index >= 15 is 0 Å². The molecule has 1 aromatic carbocycles. The molecule has 0 spiro atoms. The van der Waals surface area contributed by atoms with E-state index in [1.807, 2.05) is 26.0 Å². The van der Waals surface area contributed by atoms with Crippen molar-refractivity contribution in [1.29, 1.82) is 0 Å². The van der Waals surface area contributed by atoms with E-state index in [9.17, 15) is 4.79 Å². The molecule has 4 nitrogen and oxygen atoms in total. The fraction of sp³-hybridized carbons (Fsp3) is 0.286. The van der Waals surface area contributed by atoms with Crippen LogP contribution in [0.25, 0.3) is 11.3 Å². The van der Waals surface area contributed by atoms with Gasteiger partial charge in [0, 0.05) is 24.4 Å². The second kappa shape index (κ2) is 4.64. The van der Waals surface area contributed by atoms with Crippen molar-refractivity contribution in [2.45, 2.75) is 20.3 Å². The highest BCUT2D eigenvalue weighted by Gasteiger charge is 2.14. The Morgan fingerprint density at radius 1 is 1.39 bits per heavy atom. The molecule has 0 aliphatic carbocycles. The van der Waals surface area contributed by atoms with Crippen LogP contribution in [0.1, 0.15) is 16.7 Å². The molecule has 94 valence electrons. The average Bonchev–Trinajstić information content (AvgIpc) is 2.58. The van der Waals surface area contributed by atoms with Crippen LogP contribution in [0.4, 0.5) is 0 Å². The van der Waals surface area contributed by atoms with Crippen LogP contribution >= 0.6 is 0 Å². The van der Waals surface area contributed by atoms with Gasteiger partial charge in [0.25, 0.3) is 0 Å². The summed E-state index contributed by atoms with van der Waals surface area (Å²) < 4.78 is 1.66. The van der Waals surface area contributed by atoms with Gasteiger partial charge in [-0.3, -0.25) is 9.48 Å². The van der Waals surface area contributed by atoms with Crippen LogP contribution in [-0.2, 0) is 18.3 Å². The maximum absolute atomic E-state index is 10.9. The lowest BCUT2D eigenvalue weighted by molar-refractivity contribution is -0.136. The Labute approximate surface area is 106 Å². The number of carboxylic acids is 1. The normalized spacial score (nSPS) is 10.6. The van der Waals surface area contributed by atoms with E-state index in [1.54, 1.807) is 17.9 Å². The van der Waals surface area contributed by atoms with Crippen LogP contribution in [0.2, 0.25) is 0 Å². The van der Waals surface area contributed by atoms with Gasteiger partial charge in [-0.05, 0) is 19.4 Å². The standard InChI is InChI=1S/C14H16N2O2/c1-9-4-5-12(10(2)6-9)14-11(7-13(17)18)8-16(3)15-14/h4-6,8H,7H2,1-3H3,(H,17,18). The van der Waals surface area contributed by atoms with Gasteiger partial charge in [-0.25, -0.2) is 0 Å². The Morgan fingerprint density at radius 3 is 2.72 bits per heavy atom. The Balaban J connectivity index is 2.52. The summed E-state index contributed by atoms with van der Waals surface area (Å²) in [5.74, 6) is -0.839. The third kappa shape index (κ3) is 2.42. The van der Waals surface area contributed by atoms with Crippen molar-refractivity contribution in [3.05, 3.63) is 41.1 Å². The maximum atomic E-state index is 10.9. The highest BCUT2D eigenvalue weighted by Crippen LogP contribution is 2.26. The van der Waals surface area contributed by atoms with E-state index in [0.717, 1.165) is 22.4 Å². The minimum atomic E-state index is -0.839. The fourth-order valence-electron chi connectivity index (χ4n) is 2.14. The van der Waals surface area contributed by atoms with E-state index in [0.29, 0.717) is 0 Å². The van der Waals surface area contributed by atoms with Gasteiger partial charge >= 0.3 is 5.97 Å². The van der Waals surface area contributed by atoms with Gasteiger partial charge in [0.05, 0.1) is 12.1 Å². The number of aliphatic carboxylic acids is 1. The quantitative estimate of drug-likeness (QED) is 0.901. The summed E-state index contributed by atoms with van der Waals surface area (Å²) in [7, 11) is 1.80. The number of aryl methyl sites for hydroxylation is 3. The zero-order valence-electron chi connectivity index (χ0n) is 10.8. The van der Waals surface area contributed by atoms with Gasteiger partial charge in [-0.2, -0.15) is 5.10 Å². The zero-order valence-corrected chi connectivity index (χ0v) is 10.8. The molecule has 0 saturated carbocycles. The van der Waals surface area contributed by atoms with Crippen LogP contribution in [0.15, 0.2) is 24.4 Å². The first-order valence-corrected chi connectivity index (χ1v) is 5.79. The van der Waals surface area contributed by atoms with Crippen molar-refractivity contribution in [1.82, 2.24) is 9.78 Å². The minimum Gasteiger partial charge on any atom is -0.481 e. The number of carboxylic acid groups (broad SMARTS) is 1. The Hall–Kier alpha value is -2.10. The number of hydrogen-bond acceptors (Lipinski definition) is 2. The molecular formula is C14H16N2O2. The monoisotopic (exact) mass is 244 g/mol. The van der Waals surface area contributed by atoms with Crippen LogP contribution in [0.5, 0.6) is 0 Å². The number of nitrogens with zero attached hydrogens (tertiary/aromatic N) is 2. The number of benzene rings is 1. The molecule has 4 heteroatoms. The number of rotatable bonds is 3. The van der Waals surface area contributed by atoms with Gasteiger partial charge in [0.2, 0.25) is 0 Å². The molecule has 2 rings (SSSR count). The van der Waals surface area contributed by atoms with E-state index in [4.69, 9.17) is 5.11 Å². The molecule has 18 heavy (non-hydrogen) atoms. The van der Waals surface area contributed by atoms with E-state index in [2.05, 4.69) is 11.2 Å². The molecule has 1 aromatic heterocycles. The highest BCUT2D eigenvalue weighted by molar-refractivity contribution is 5.75. The molecule has 2 aromatic rings. The molecule has 1 heterocycles. The highest BCUT2D eigenvalue weighted by atomic mass is 16.4. The zero-order chi connectivity index (χ0) is 13.3. The summed E-state index contributed by atoms with van der Waals surface area (Å²) in [6, 6.07) is 6.09. The molecule has 1 N–H and O–H groups in total. The summed E-state index contributed by atoms with van der Waals surface area (Å²) in [4.78, 5) is 10.9. The number of aromatic nitrogens is 2. The van der Waals surface area contributed by atoms with Crippen molar-refractivity contribution in [3.63, 3.8) is 0 Å². The van der Waals surface area contributed by atoms with Crippen LogP contribution in [0, 0.1) is 13.8 Å². The van der Waals surface area contributed by atoms with Gasteiger partial charge in [0.1, 0.15) is 0 Å². The summed E-state index contributed by atoms with van der Waals surface area (Å²) in [5, 5.41) is 13.3. The lowest BCUT2D eigenvalue weighted by atomic mass is 10.00. The molecular weight excluding hydrogens is 228 g/mol. The Morgan fingerprint density at radius 2 is 2.11 bits per heavy atom. The smallest absolute Gasteiger partial charge is 0.307 e. The maximum Gasteiger partial charge on any atom is 0.307 e. The van der Waals surface area contributed by atoms with Gasteiger partial charge in [-0.15, -0.1) is 0 Å². The van der Waals surface area contributed by atoms with Crippen molar-refractivity contribution in [2.75, 3.05) is 0 Å². The molecule has 0 saturated heterocycles. The molecule has 0 amide bonds. The molecule has 0 fully saturated rings. The molecule has 0 aliphatic rings. The van der Waals surface area contributed by atoms with Crippen molar-refractivity contribution in [2.24, 2.45) is 7.05 Å². The lowest BCUT2D eigenvalue weighted by Crippen LogP contribution is -2.00. The van der Waals surface area contributed by atoms with Crippen molar-refractivity contribution >= 4 is 5.97 Å². The largest absolute Gasteiger partial charge is 0.481 e. The molecule has 0 radical (unpaired) electrons. The van der Waals surface area contributed by atoms with Crippen molar-refractivity contribution in [3.8, 4) is 11.3 Å². The molecule has 0 bridgehead atoms. The van der Waals surface area contributed by atoms with Crippen molar-refractivity contribution < 1.29 is 9.90 Å². The first-order valence-electron chi connectivity index (χ1n) is 5.79. The molecule has 0 aliphatic heterocycles. The molecule has 0 atom stereocenters. The van der Waals surface area contributed by atoms with Crippen LogP contribution in [-0.4, -0.2) is 20.9 Å². The van der Waals surface area contributed by atoms with E-state index in [-0.39, 0.29) is 6.42 Å². The summed E-state index contributed by atoms with van der Waals surface area (Å²) in [5.41, 5.74) is 4.80. The average molecular weight is 244 g/mol. The topological polar surface area (TPSA) is 55.1 Å². The lowest BCUT2D eigenvalue weighted by Gasteiger charge is -2.05. The Kier molecular flexibility index (Phi) is 3.19. The number of carbonyl (C=O) groups is 1. The second-order valence-corrected chi connectivity index (χ2v) is 4.57. The second-order valence-electron chi connectivity index (χ2n) is 4.57.